The van der Waals surface area contributed by atoms with Crippen molar-refractivity contribution in [3.63, 3.8) is 0 Å². The number of nitriles is 1. The van der Waals surface area contributed by atoms with E-state index in [0.717, 1.165) is 19.3 Å². The van der Waals surface area contributed by atoms with Gasteiger partial charge in [-0.1, -0.05) is 24.3 Å². The van der Waals surface area contributed by atoms with E-state index in [9.17, 15) is 19.2 Å². The standard InChI is InChI=1S/C28H32FN3O4/c1-28(2,3)36-16-32-23-11-10-21(13-23)25(32)26(33)31-22(15-30)12-20-9-8-19(14-24(20)29)17-4-6-18(7-5-17)27(34)35/h4-9,14,21-23,25H,10-13,16H2,1-3H3,(H,31,33)(H,34,35)/t21-,22-,23+,25-/m0/s1. The molecule has 1 aliphatic heterocycles. The molecule has 2 aliphatic rings. The largest absolute Gasteiger partial charge is 0.478 e. The molecule has 2 fully saturated rings. The smallest absolute Gasteiger partial charge is 0.335 e. The number of carboxylic acid groups (broad SMARTS) is 1. The Bertz CT molecular complexity index is 1170. The first kappa shape index (κ1) is 25.8. The number of nitrogens with zero attached hydrogens (tertiary/aromatic N) is 2. The molecule has 2 aromatic carbocycles. The van der Waals surface area contributed by atoms with Crippen LogP contribution in [0.2, 0.25) is 0 Å². The van der Waals surface area contributed by atoms with Gasteiger partial charge in [0.1, 0.15) is 18.6 Å². The highest BCUT2D eigenvalue weighted by Crippen LogP contribution is 2.42. The molecule has 0 unspecified atom stereocenters. The Morgan fingerprint density at radius 1 is 1.19 bits per heavy atom. The molecule has 0 spiro atoms. The van der Waals surface area contributed by atoms with Crippen molar-refractivity contribution < 1.29 is 23.8 Å². The Labute approximate surface area is 210 Å². The number of hydrogen-bond acceptors (Lipinski definition) is 5. The van der Waals surface area contributed by atoms with E-state index < -0.39 is 17.8 Å². The number of piperidine rings is 1. The van der Waals surface area contributed by atoms with Crippen LogP contribution in [0.5, 0.6) is 0 Å². The molecule has 4 rings (SSSR count). The molecule has 190 valence electrons. The molecular formula is C28H32FN3O4. The van der Waals surface area contributed by atoms with Crippen LogP contribution in [0.25, 0.3) is 11.1 Å². The second kappa shape index (κ2) is 10.4. The zero-order chi connectivity index (χ0) is 26.0. The number of carbonyl (C=O) groups excluding carboxylic acids is 1. The SMILES string of the molecule is CC(C)(C)OCN1[C@@H]2CC[C@@H](C2)[C@H]1C(=O)N[C@H](C#N)Cc1ccc(-c2ccc(C(=O)O)cc2)cc1F. The highest BCUT2D eigenvalue weighted by Gasteiger charge is 2.49. The zero-order valence-corrected chi connectivity index (χ0v) is 20.8. The van der Waals surface area contributed by atoms with Gasteiger partial charge >= 0.3 is 5.97 Å². The maximum atomic E-state index is 14.9. The summed E-state index contributed by atoms with van der Waals surface area (Å²) in [5.41, 5.74) is 1.45. The van der Waals surface area contributed by atoms with E-state index in [1.54, 1.807) is 24.3 Å². The number of amides is 1. The molecule has 1 heterocycles. The molecule has 1 aliphatic carbocycles. The van der Waals surface area contributed by atoms with Crippen LogP contribution < -0.4 is 5.32 Å². The number of hydrogen-bond donors (Lipinski definition) is 2. The predicted octanol–water partition coefficient (Wildman–Crippen LogP) is 4.37. The maximum absolute atomic E-state index is 14.9. The van der Waals surface area contributed by atoms with Crippen molar-refractivity contribution in [2.45, 2.75) is 70.2 Å². The number of aromatic carboxylic acids is 1. The monoisotopic (exact) mass is 493 g/mol. The summed E-state index contributed by atoms with van der Waals surface area (Å²) < 4.78 is 20.9. The second-order valence-electron chi connectivity index (χ2n) is 10.7. The Hall–Kier alpha value is -3.28. The summed E-state index contributed by atoms with van der Waals surface area (Å²) in [4.78, 5) is 26.4. The van der Waals surface area contributed by atoms with Gasteiger partial charge in [-0.05, 0) is 80.8 Å². The molecule has 2 N–H and O–H groups in total. The number of nitrogens with one attached hydrogen (secondary N) is 1. The third-order valence-corrected chi connectivity index (χ3v) is 7.05. The van der Waals surface area contributed by atoms with Gasteiger partial charge in [-0.25, -0.2) is 9.18 Å². The number of carboxylic acids is 1. The van der Waals surface area contributed by atoms with Crippen LogP contribution in [0.3, 0.4) is 0 Å². The summed E-state index contributed by atoms with van der Waals surface area (Å²) in [5, 5.41) is 21.6. The molecule has 4 atom stereocenters. The lowest BCUT2D eigenvalue weighted by Gasteiger charge is -2.36. The molecule has 1 saturated heterocycles. The van der Waals surface area contributed by atoms with Crippen LogP contribution in [-0.4, -0.2) is 52.3 Å². The van der Waals surface area contributed by atoms with Gasteiger partial charge in [-0.3, -0.25) is 9.69 Å². The van der Waals surface area contributed by atoms with Gasteiger partial charge in [0.2, 0.25) is 5.91 Å². The van der Waals surface area contributed by atoms with Crippen molar-refractivity contribution >= 4 is 11.9 Å². The average molecular weight is 494 g/mol. The van der Waals surface area contributed by atoms with Crippen LogP contribution >= 0.6 is 0 Å². The maximum Gasteiger partial charge on any atom is 0.335 e. The van der Waals surface area contributed by atoms with Gasteiger partial charge in [-0.15, -0.1) is 0 Å². The van der Waals surface area contributed by atoms with Gasteiger partial charge in [0.15, 0.2) is 0 Å². The van der Waals surface area contributed by atoms with Gasteiger partial charge in [0.05, 0.1) is 23.3 Å². The summed E-state index contributed by atoms with van der Waals surface area (Å²) in [6.45, 7) is 6.30. The van der Waals surface area contributed by atoms with Crippen molar-refractivity contribution in [2.24, 2.45) is 5.92 Å². The fraction of sp³-hybridized carbons (Fsp3) is 0.464. The van der Waals surface area contributed by atoms with Crippen LogP contribution in [-0.2, 0) is 16.0 Å². The predicted molar refractivity (Wildman–Crippen MR) is 133 cm³/mol. The Morgan fingerprint density at radius 2 is 1.89 bits per heavy atom. The van der Waals surface area contributed by atoms with Crippen LogP contribution in [0.4, 0.5) is 4.39 Å². The first-order valence-electron chi connectivity index (χ1n) is 12.3. The Kier molecular flexibility index (Phi) is 7.43. The van der Waals surface area contributed by atoms with E-state index in [0.29, 0.717) is 29.5 Å². The van der Waals surface area contributed by atoms with Crippen molar-refractivity contribution in [1.82, 2.24) is 10.2 Å². The van der Waals surface area contributed by atoms with Gasteiger partial charge < -0.3 is 15.2 Å². The molecule has 2 aromatic rings. The molecule has 36 heavy (non-hydrogen) atoms. The lowest BCUT2D eigenvalue weighted by molar-refractivity contribution is -0.136. The molecular weight excluding hydrogens is 461 g/mol. The topological polar surface area (TPSA) is 103 Å². The first-order valence-corrected chi connectivity index (χ1v) is 12.3. The van der Waals surface area contributed by atoms with Crippen LogP contribution in [0.1, 0.15) is 56.0 Å². The van der Waals surface area contributed by atoms with Gasteiger partial charge in [0, 0.05) is 12.5 Å². The van der Waals surface area contributed by atoms with Gasteiger partial charge in [-0.2, -0.15) is 5.26 Å². The van der Waals surface area contributed by atoms with E-state index in [4.69, 9.17) is 9.84 Å². The fourth-order valence-corrected chi connectivity index (χ4v) is 5.20. The summed E-state index contributed by atoms with van der Waals surface area (Å²) in [6.07, 6.45) is 3.02. The number of halogens is 1. The van der Waals surface area contributed by atoms with E-state index in [1.807, 2.05) is 20.8 Å². The van der Waals surface area contributed by atoms with Crippen molar-refractivity contribution in [3.8, 4) is 17.2 Å². The summed E-state index contributed by atoms with van der Waals surface area (Å²) in [5.74, 6) is -1.48. The molecule has 8 heteroatoms. The highest BCUT2D eigenvalue weighted by molar-refractivity contribution is 5.88. The molecule has 0 radical (unpaired) electrons. The number of benzene rings is 2. The molecule has 0 aromatic heterocycles. The van der Waals surface area contributed by atoms with Crippen LogP contribution in [0.15, 0.2) is 42.5 Å². The molecule has 2 bridgehead atoms. The zero-order valence-electron chi connectivity index (χ0n) is 20.8. The third kappa shape index (κ3) is 5.75. The van der Waals surface area contributed by atoms with E-state index in [-0.39, 0.29) is 35.5 Å². The van der Waals surface area contributed by atoms with E-state index in [2.05, 4.69) is 16.3 Å². The second-order valence-corrected chi connectivity index (χ2v) is 10.7. The molecule has 1 saturated carbocycles. The minimum Gasteiger partial charge on any atom is -0.478 e. The average Bonchev–Trinajstić information content (AvgIpc) is 3.44. The minimum atomic E-state index is -1.03. The highest BCUT2D eigenvalue weighted by atomic mass is 19.1. The number of fused-ring (bicyclic) bond motifs is 2. The third-order valence-electron chi connectivity index (χ3n) is 7.05. The fourth-order valence-electron chi connectivity index (χ4n) is 5.20. The number of likely N-dealkylation sites (tertiary alicyclic amines) is 1. The lowest BCUT2D eigenvalue weighted by atomic mass is 9.97. The first-order chi connectivity index (χ1) is 17.1. The van der Waals surface area contributed by atoms with Gasteiger partial charge in [0.25, 0.3) is 0 Å². The summed E-state index contributed by atoms with van der Waals surface area (Å²) in [6, 6.07) is 12.1. The van der Waals surface area contributed by atoms with E-state index >= 15 is 0 Å². The lowest BCUT2D eigenvalue weighted by Crippen LogP contribution is -2.53. The summed E-state index contributed by atoms with van der Waals surface area (Å²) in [7, 11) is 0. The normalized spacial score (nSPS) is 22.2. The van der Waals surface area contributed by atoms with E-state index in [1.165, 1.54) is 18.2 Å². The van der Waals surface area contributed by atoms with Crippen LogP contribution in [0, 0.1) is 23.1 Å². The van der Waals surface area contributed by atoms with Crippen molar-refractivity contribution in [1.29, 1.82) is 5.26 Å². The number of carbonyl (C=O) groups is 2. The Balaban J connectivity index is 1.42. The number of ether oxygens (including phenoxy) is 1. The van der Waals surface area contributed by atoms with Crippen molar-refractivity contribution in [2.75, 3.05) is 6.73 Å². The van der Waals surface area contributed by atoms with Crippen molar-refractivity contribution in [3.05, 3.63) is 59.4 Å². The molecule has 7 nitrogen and oxygen atoms in total. The quantitative estimate of drug-likeness (QED) is 0.566. The molecule has 1 amide bonds. The minimum absolute atomic E-state index is 0.0472. The Morgan fingerprint density at radius 3 is 2.50 bits per heavy atom. The number of rotatable bonds is 8. The summed E-state index contributed by atoms with van der Waals surface area (Å²) >= 11 is 0.